The highest BCUT2D eigenvalue weighted by Gasteiger charge is 2.19. The fraction of sp³-hybridized carbons (Fsp3) is 0. The lowest BCUT2D eigenvalue weighted by atomic mass is 10.3. The Morgan fingerprint density at radius 1 is 1.26 bits per heavy atom. The molecule has 0 atom stereocenters. The SMILES string of the molecule is O=[N+]([O-])c1cc(F)ccc1Sc1nnnn1-c1cccc(Cl)c1. The summed E-state index contributed by atoms with van der Waals surface area (Å²) < 4.78 is 14.6. The van der Waals surface area contributed by atoms with Crippen LogP contribution in [0.2, 0.25) is 5.02 Å². The van der Waals surface area contributed by atoms with Gasteiger partial charge in [0.2, 0.25) is 5.16 Å². The highest BCUT2D eigenvalue weighted by molar-refractivity contribution is 7.99. The van der Waals surface area contributed by atoms with Gasteiger partial charge in [0.15, 0.2) is 0 Å². The molecule has 0 spiro atoms. The van der Waals surface area contributed by atoms with Crippen LogP contribution in [0.25, 0.3) is 5.69 Å². The Morgan fingerprint density at radius 2 is 2.09 bits per heavy atom. The van der Waals surface area contributed by atoms with E-state index in [-0.39, 0.29) is 10.6 Å². The molecule has 116 valence electrons. The van der Waals surface area contributed by atoms with Gasteiger partial charge in [0.25, 0.3) is 5.69 Å². The van der Waals surface area contributed by atoms with Crippen LogP contribution in [-0.2, 0) is 0 Å². The van der Waals surface area contributed by atoms with Gasteiger partial charge in [0.1, 0.15) is 5.82 Å². The smallest absolute Gasteiger partial charge is 0.258 e. The number of hydrogen-bond donors (Lipinski definition) is 0. The molecule has 0 fully saturated rings. The number of hydrogen-bond acceptors (Lipinski definition) is 6. The van der Waals surface area contributed by atoms with Crippen molar-refractivity contribution in [2.45, 2.75) is 10.1 Å². The monoisotopic (exact) mass is 351 g/mol. The first-order valence-electron chi connectivity index (χ1n) is 6.21. The summed E-state index contributed by atoms with van der Waals surface area (Å²) in [5.74, 6) is -0.685. The summed E-state index contributed by atoms with van der Waals surface area (Å²) in [5, 5.41) is 23.1. The number of tetrazole rings is 1. The molecule has 3 rings (SSSR count). The van der Waals surface area contributed by atoms with E-state index in [1.807, 2.05) is 0 Å². The molecule has 7 nitrogen and oxygen atoms in total. The first kappa shape index (κ1) is 15.4. The van der Waals surface area contributed by atoms with Crippen LogP contribution in [-0.4, -0.2) is 25.1 Å². The van der Waals surface area contributed by atoms with Crippen LogP contribution in [0.3, 0.4) is 0 Å². The van der Waals surface area contributed by atoms with Crippen molar-refractivity contribution in [1.82, 2.24) is 20.2 Å². The molecule has 0 aliphatic rings. The summed E-state index contributed by atoms with van der Waals surface area (Å²) in [6.45, 7) is 0. The maximum atomic E-state index is 13.2. The summed E-state index contributed by atoms with van der Waals surface area (Å²) in [6.07, 6.45) is 0. The van der Waals surface area contributed by atoms with E-state index in [9.17, 15) is 14.5 Å². The number of nitrogens with zero attached hydrogens (tertiary/aromatic N) is 5. The van der Waals surface area contributed by atoms with E-state index in [2.05, 4.69) is 15.5 Å². The van der Waals surface area contributed by atoms with Crippen molar-refractivity contribution in [3.05, 3.63) is 63.4 Å². The lowest BCUT2D eigenvalue weighted by molar-refractivity contribution is -0.387. The second kappa shape index (κ2) is 6.31. The van der Waals surface area contributed by atoms with Crippen LogP contribution in [0.1, 0.15) is 0 Å². The van der Waals surface area contributed by atoms with Crippen molar-refractivity contribution < 1.29 is 9.31 Å². The van der Waals surface area contributed by atoms with E-state index < -0.39 is 10.7 Å². The van der Waals surface area contributed by atoms with Gasteiger partial charge in [-0.2, -0.15) is 4.68 Å². The van der Waals surface area contributed by atoms with Crippen LogP contribution < -0.4 is 0 Å². The number of rotatable bonds is 4. The Balaban J connectivity index is 2.00. The minimum absolute atomic E-state index is 0.231. The maximum Gasteiger partial charge on any atom is 0.286 e. The van der Waals surface area contributed by atoms with E-state index in [4.69, 9.17) is 11.6 Å². The minimum Gasteiger partial charge on any atom is -0.258 e. The van der Waals surface area contributed by atoms with Crippen molar-refractivity contribution >= 4 is 29.1 Å². The molecule has 0 radical (unpaired) electrons. The average Bonchev–Trinajstić information content (AvgIpc) is 2.97. The van der Waals surface area contributed by atoms with Gasteiger partial charge in [-0.25, -0.2) is 4.39 Å². The molecule has 0 aliphatic carbocycles. The van der Waals surface area contributed by atoms with Gasteiger partial charge in [-0.3, -0.25) is 10.1 Å². The summed E-state index contributed by atoms with van der Waals surface area (Å²) in [5.41, 5.74) is 0.255. The van der Waals surface area contributed by atoms with Crippen LogP contribution in [0.15, 0.2) is 52.5 Å². The number of nitro groups is 1. The topological polar surface area (TPSA) is 86.7 Å². The molecule has 0 N–H and O–H groups in total. The molecule has 0 unspecified atom stereocenters. The second-order valence-corrected chi connectivity index (χ2v) is 5.77. The predicted octanol–water partition coefficient (Wildman–Crippen LogP) is 3.51. The third-order valence-corrected chi connectivity index (χ3v) is 4.05. The third-order valence-electron chi connectivity index (χ3n) is 2.81. The average molecular weight is 352 g/mol. The van der Waals surface area contributed by atoms with Gasteiger partial charge in [-0.1, -0.05) is 17.7 Å². The predicted molar refractivity (Wildman–Crippen MR) is 81.3 cm³/mol. The largest absolute Gasteiger partial charge is 0.286 e. The van der Waals surface area contributed by atoms with Gasteiger partial charge < -0.3 is 0 Å². The lowest BCUT2D eigenvalue weighted by Crippen LogP contribution is -1.99. The van der Waals surface area contributed by atoms with Gasteiger partial charge >= 0.3 is 0 Å². The van der Waals surface area contributed by atoms with Crippen molar-refractivity contribution in [2.75, 3.05) is 0 Å². The molecule has 23 heavy (non-hydrogen) atoms. The van der Waals surface area contributed by atoms with Crippen LogP contribution in [0, 0.1) is 15.9 Å². The van der Waals surface area contributed by atoms with Crippen molar-refractivity contribution in [3.8, 4) is 5.69 Å². The molecule has 10 heteroatoms. The van der Waals surface area contributed by atoms with Crippen LogP contribution in [0.4, 0.5) is 10.1 Å². The first-order chi connectivity index (χ1) is 11.0. The van der Waals surface area contributed by atoms with Gasteiger partial charge in [-0.15, -0.1) is 5.10 Å². The van der Waals surface area contributed by atoms with Crippen molar-refractivity contribution in [1.29, 1.82) is 0 Å². The molecule has 0 amide bonds. The van der Waals surface area contributed by atoms with Crippen LogP contribution >= 0.6 is 23.4 Å². The normalized spacial score (nSPS) is 10.7. The first-order valence-corrected chi connectivity index (χ1v) is 7.40. The van der Waals surface area contributed by atoms with E-state index in [1.54, 1.807) is 24.3 Å². The molecule has 1 heterocycles. The summed E-state index contributed by atoms with van der Waals surface area (Å²) in [4.78, 5) is 10.6. The van der Waals surface area contributed by atoms with Gasteiger partial charge in [0, 0.05) is 5.02 Å². The summed E-state index contributed by atoms with van der Waals surface area (Å²) in [7, 11) is 0. The van der Waals surface area contributed by atoms with E-state index in [1.165, 1.54) is 10.7 Å². The Bertz CT molecular complexity index is 888. The standard InChI is InChI=1S/C13H7ClFN5O2S/c14-8-2-1-3-10(6-8)19-13(16-17-18-19)23-12-5-4-9(15)7-11(12)20(21)22/h1-7H. The minimum atomic E-state index is -0.685. The van der Waals surface area contributed by atoms with E-state index in [0.717, 1.165) is 23.9 Å². The number of benzene rings is 2. The molecule has 0 saturated heterocycles. The second-order valence-electron chi connectivity index (χ2n) is 4.32. The van der Waals surface area contributed by atoms with Crippen molar-refractivity contribution in [2.24, 2.45) is 0 Å². The van der Waals surface area contributed by atoms with Crippen molar-refractivity contribution in [3.63, 3.8) is 0 Å². The summed E-state index contributed by atoms with van der Waals surface area (Å²) in [6, 6.07) is 10.1. The quantitative estimate of drug-likeness (QED) is 0.528. The van der Waals surface area contributed by atoms with Gasteiger partial charge in [0.05, 0.1) is 21.6 Å². The molecule has 0 aliphatic heterocycles. The Kier molecular flexibility index (Phi) is 4.22. The summed E-state index contributed by atoms with van der Waals surface area (Å²) >= 11 is 6.90. The third kappa shape index (κ3) is 3.30. The number of aromatic nitrogens is 4. The van der Waals surface area contributed by atoms with Gasteiger partial charge in [-0.05, 0) is 52.5 Å². The molecule has 3 aromatic rings. The fourth-order valence-corrected chi connectivity index (χ4v) is 2.89. The van der Waals surface area contributed by atoms with E-state index >= 15 is 0 Å². The molecule has 1 aromatic heterocycles. The maximum absolute atomic E-state index is 13.2. The molecule has 0 bridgehead atoms. The Morgan fingerprint density at radius 3 is 2.83 bits per heavy atom. The fourth-order valence-electron chi connectivity index (χ4n) is 1.83. The Labute approximate surface area is 138 Å². The molecular formula is C13H7ClFN5O2S. The highest BCUT2D eigenvalue weighted by atomic mass is 35.5. The lowest BCUT2D eigenvalue weighted by Gasteiger charge is -2.05. The Hall–Kier alpha value is -2.52. The zero-order valence-electron chi connectivity index (χ0n) is 11.3. The number of nitro benzene ring substituents is 1. The zero-order valence-corrected chi connectivity index (χ0v) is 12.8. The van der Waals surface area contributed by atoms with Crippen LogP contribution in [0.5, 0.6) is 0 Å². The molecule has 0 saturated carbocycles. The molecular weight excluding hydrogens is 345 g/mol. The van der Waals surface area contributed by atoms with E-state index in [0.29, 0.717) is 15.9 Å². The zero-order chi connectivity index (χ0) is 16.4. The highest BCUT2D eigenvalue weighted by Crippen LogP contribution is 2.34. The molecule has 2 aromatic carbocycles. The number of halogens is 2.